The number of carbonyl (C=O) groups is 2. The summed E-state index contributed by atoms with van der Waals surface area (Å²) >= 11 is 0. The van der Waals surface area contributed by atoms with Crippen LogP contribution in [0, 0.1) is 0 Å². The minimum Gasteiger partial charge on any atom is -0.459 e. The first kappa shape index (κ1) is 17.9. The Balaban J connectivity index is 1.44. The molecule has 0 spiro atoms. The maximum Gasteiger partial charge on any atom is 0.289 e. The van der Waals surface area contributed by atoms with Crippen LogP contribution in [-0.2, 0) is 11.2 Å². The first-order chi connectivity index (χ1) is 13.7. The summed E-state index contributed by atoms with van der Waals surface area (Å²) in [6.45, 7) is 1.83. The van der Waals surface area contributed by atoms with Crippen molar-refractivity contribution >= 4 is 11.8 Å². The van der Waals surface area contributed by atoms with E-state index in [2.05, 4.69) is 15.5 Å². The summed E-state index contributed by atoms with van der Waals surface area (Å²) in [5, 5.41) is 11.3. The second kappa shape index (κ2) is 8.03. The molecule has 4 rings (SSSR count). The molecule has 1 aliphatic heterocycles. The summed E-state index contributed by atoms with van der Waals surface area (Å²) in [4.78, 5) is 29.1. The van der Waals surface area contributed by atoms with Gasteiger partial charge in [-0.05, 0) is 28.1 Å². The monoisotopic (exact) mass is 380 g/mol. The Morgan fingerprint density at radius 3 is 2.39 bits per heavy atom. The standard InChI is InChI=1S/C19H20N6O3/c26-18(16(25-14-20-21-22-25)13-15-5-2-1-3-6-15)23-8-10-24(11-9-23)19(27)17-7-4-12-28-17/h1-7,12,14,16H,8-11,13H2/t16-/m1/s1. The number of aromatic nitrogens is 4. The maximum absolute atomic E-state index is 13.2. The molecular formula is C19H20N6O3. The molecule has 2 amide bonds. The van der Waals surface area contributed by atoms with Crippen molar-refractivity contribution in [3.05, 3.63) is 66.4 Å². The minimum atomic E-state index is -0.523. The summed E-state index contributed by atoms with van der Waals surface area (Å²) in [7, 11) is 0. The fourth-order valence-electron chi connectivity index (χ4n) is 3.34. The van der Waals surface area contributed by atoms with E-state index in [0.29, 0.717) is 38.4 Å². The maximum atomic E-state index is 13.2. The predicted octanol–water partition coefficient (Wildman–Crippen LogP) is 1.03. The summed E-state index contributed by atoms with van der Waals surface area (Å²) in [6.07, 6.45) is 3.44. The third-order valence-electron chi connectivity index (χ3n) is 4.85. The van der Waals surface area contributed by atoms with Gasteiger partial charge in [-0.15, -0.1) is 5.10 Å². The number of piperazine rings is 1. The molecule has 9 heteroatoms. The third kappa shape index (κ3) is 3.78. The van der Waals surface area contributed by atoms with E-state index in [0.717, 1.165) is 5.56 Å². The largest absolute Gasteiger partial charge is 0.459 e. The van der Waals surface area contributed by atoms with E-state index in [1.165, 1.54) is 17.3 Å². The lowest BCUT2D eigenvalue weighted by Gasteiger charge is -2.36. The van der Waals surface area contributed by atoms with E-state index < -0.39 is 6.04 Å². The summed E-state index contributed by atoms with van der Waals surface area (Å²) in [5.74, 6) is 0.107. The molecule has 0 unspecified atom stereocenters. The molecular weight excluding hydrogens is 360 g/mol. The average Bonchev–Trinajstić information content (AvgIpc) is 3.46. The lowest BCUT2D eigenvalue weighted by atomic mass is 10.0. The number of carbonyl (C=O) groups excluding carboxylic acids is 2. The Morgan fingerprint density at radius 1 is 1.00 bits per heavy atom. The molecule has 1 saturated heterocycles. The van der Waals surface area contributed by atoms with E-state index in [1.807, 2.05) is 30.3 Å². The molecule has 1 fully saturated rings. The molecule has 0 bridgehead atoms. The molecule has 1 aromatic carbocycles. The predicted molar refractivity (Wildman–Crippen MR) is 98.2 cm³/mol. The molecule has 1 aliphatic rings. The number of amides is 2. The fraction of sp³-hybridized carbons (Fsp3) is 0.316. The zero-order chi connectivity index (χ0) is 19.3. The number of hydrogen-bond donors (Lipinski definition) is 0. The van der Waals surface area contributed by atoms with E-state index in [1.54, 1.807) is 21.9 Å². The average molecular weight is 380 g/mol. The molecule has 0 aliphatic carbocycles. The Kier molecular flexibility index (Phi) is 5.14. The van der Waals surface area contributed by atoms with Crippen LogP contribution >= 0.6 is 0 Å². The van der Waals surface area contributed by atoms with Gasteiger partial charge in [0, 0.05) is 32.6 Å². The van der Waals surface area contributed by atoms with E-state index in [4.69, 9.17) is 4.42 Å². The second-order valence-electron chi connectivity index (χ2n) is 6.59. The van der Waals surface area contributed by atoms with E-state index in [9.17, 15) is 9.59 Å². The van der Waals surface area contributed by atoms with Crippen molar-refractivity contribution in [2.24, 2.45) is 0 Å². The van der Waals surface area contributed by atoms with Crippen molar-refractivity contribution in [2.75, 3.05) is 26.2 Å². The van der Waals surface area contributed by atoms with Gasteiger partial charge in [-0.3, -0.25) is 9.59 Å². The van der Waals surface area contributed by atoms with Gasteiger partial charge in [-0.25, -0.2) is 4.68 Å². The van der Waals surface area contributed by atoms with Crippen LogP contribution in [0.2, 0.25) is 0 Å². The lowest BCUT2D eigenvalue weighted by Crippen LogP contribution is -2.52. The Bertz CT molecular complexity index is 903. The number of nitrogens with zero attached hydrogens (tertiary/aromatic N) is 6. The van der Waals surface area contributed by atoms with Gasteiger partial charge in [0.25, 0.3) is 5.91 Å². The van der Waals surface area contributed by atoms with Gasteiger partial charge in [0.05, 0.1) is 6.26 Å². The Morgan fingerprint density at radius 2 is 1.75 bits per heavy atom. The molecule has 0 saturated carbocycles. The van der Waals surface area contributed by atoms with Gasteiger partial charge in [0.1, 0.15) is 12.4 Å². The molecule has 3 aromatic rings. The normalized spacial score (nSPS) is 15.4. The molecule has 28 heavy (non-hydrogen) atoms. The van der Waals surface area contributed by atoms with Gasteiger partial charge >= 0.3 is 0 Å². The number of furan rings is 1. The van der Waals surface area contributed by atoms with Crippen molar-refractivity contribution in [1.29, 1.82) is 0 Å². The van der Waals surface area contributed by atoms with Gasteiger partial charge in [0.2, 0.25) is 5.91 Å². The van der Waals surface area contributed by atoms with Crippen LogP contribution in [0.25, 0.3) is 0 Å². The quantitative estimate of drug-likeness (QED) is 0.656. The molecule has 2 aromatic heterocycles. The first-order valence-corrected chi connectivity index (χ1v) is 9.10. The number of tetrazole rings is 1. The summed E-state index contributed by atoms with van der Waals surface area (Å²) in [6, 6.07) is 12.6. The van der Waals surface area contributed by atoms with Crippen LogP contribution in [0.5, 0.6) is 0 Å². The van der Waals surface area contributed by atoms with Crippen LogP contribution in [0.15, 0.2) is 59.5 Å². The van der Waals surface area contributed by atoms with Crippen molar-refractivity contribution < 1.29 is 14.0 Å². The van der Waals surface area contributed by atoms with E-state index >= 15 is 0 Å². The number of hydrogen-bond acceptors (Lipinski definition) is 6. The molecule has 9 nitrogen and oxygen atoms in total. The van der Waals surface area contributed by atoms with Crippen LogP contribution in [0.1, 0.15) is 22.2 Å². The lowest BCUT2D eigenvalue weighted by molar-refractivity contribution is -0.136. The molecule has 1 atom stereocenters. The Hall–Kier alpha value is -3.49. The highest BCUT2D eigenvalue weighted by atomic mass is 16.3. The number of rotatable bonds is 5. The molecule has 3 heterocycles. The number of benzene rings is 1. The Labute approximate surface area is 161 Å². The SMILES string of the molecule is O=C(c1ccco1)N1CCN(C(=O)[C@@H](Cc2ccccc2)n2cnnn2)CC1. The summed E-state index contributed by atoms with van der Waals surface area (Å²) in [5.41, 5.74) is 1.03. The zero-order valence-electron chi connectivity index (χ0n) is 15.2. The van der Waals surface area contributed by atoms with Gasteiger partial charge < -0.3 is 14.2 Å². The zero-order valence-corrected chi connectivity index (χ0v) is 15.2. The van der Waals surface area contributed by atoms with Gasteiger partial charge in [-0.1, -0.05) is 30.3 Å². The first-order valence-electron chi connectivity index (χ1n) is 9.10. The van der Waals surface area contributed by atoms with Crippen molar-refractivity contribution in [1.82, 2.24) is 30.0 Å². The molecule has 144 valence electrons. The second-order valence-corrected chi connectivity index (χ2v) is 6.59. The van der Waals surface area contributed by atoms with Gasteiger partial charge in [0.15, 0.2) is 5.76 Å². The smallest absolute Gasteiger partial charge is 0.289 e. The van der Waals surface area contributed by atoms with Gasteiger partial charge in [-0.2, -0.15) is 0 Å². The highest BCUT2D eigenvalue weighted by Gasteiger charge is 2.31. The topological polar surface area (TPSA) is 97.4 Å². The van der Waals surface area contributed by atoms with Crippen LogP contribution in [0.4, 0.5) is 0 Å². The minimum absolute atomic E-state index is 0.0544. The van der Waals surface area contributed by atoms with Crippen LogP contribution in [-0.4, -0.2) is 68.0 Å². The summed E-state index contributed by atoms with van der Waals surface area (Å²) < 4.78 is 6.67. The highest BCUT2D eigenvalue weighted by molar-refractivity contribution is 5.91. The molecule has 0 N–H and O–H groups in total. The fourth-order valence-corrected chi connectivity index (χ4v) is 3.34. The highest BCUT2D eigenvalue weighted by Crippen LogP contribution is 2.18. The van der Waals surface area contributed by atoms with E-state index in [-0.39, 0.29) is 11.8 Å². The van der Waals surface area contributed by atoms with Crippen LogP contribution < -0.4 is 0 Å². The van der Waals surface area contributed by atoms with Crippen LogP contribution in [0.3, 0.4) is 0 Å². The van der Waals surface area contributed by atoms with Crippen molar-refractivity contribution in [3.8, 4) is 0 Å². The van der Waals surface area contributed by atoms with Crippen molar-refractivity contribution in [3.63, 3.8) is 0 Å². The van der Waals surface area contributed by atoms with Crippen molar-refractivity contribution in [2.45, 2.75) is 12.5 Å². The third-order valence-corrected chi connectivity index (χ3v) is 4.85. The molecule has 0 radical (unpaired) electrons.